The minimum atomic E-state index is 0.409. The molecule has 0 saturated heterocycles. The van der Waals surface area contributed by atoms with Crippen molar-refractivity contribution in [1.29, 1.82) is 0 Å². The fraction of sp³-hybridized carbons (Fsp3) is 0.786. The van der Waals surface area contributed by atoms with Gasteiger partial charge in [0.2, 0.25) is 5.95 Å². The van der Waals surface area contributed by atoms with Gasteiger partial charge in [-0.25, -0.2) is 4.98 Å². The first-order chi connectivity index (χ1) is 8.47. The van der Waals surface area contributed by atoms with Crippen LogP contribution < -0.4 is 5.32 Å². The van der Waals surface area contributed by atoms with Crippen LogP contribution >= 0.6 is 0 Å². The highest BCUT2D eigenvalue weighted by Gasteiger charge is 2.14. The highest BCUT2D eigenvalue weighted by Crippen LogP contribution is 2.17. The first kappa shape index (κ1) is 15.0. The summed E-state index contributed by atoms with van der Waals surface area (Å²) in [7, 11) is 0. The second-order valence-electron chi connectivity index (χ2n) is 5.25. The maximum atomic E-state index is 4.56. The molecule has 4 nitrogen and oxygen atoms in total. The van der Waals surface area contributed by atoms with E-state index in [4.69, 9.17) is 0 Å². The van der Waals surface area contributed by atoms with Crippen molar-refractivity contribution in [1.82, 2.24) is 14.5 Å². The van der Waals surface area contributed by atoms with E-state index in [0.29, 0.717) is 12.1 Å². The highest BCUT2D eigenvalue weighted by molar-refractivity contribution is 5.30. The lowest BCUT2D eigenvalue weighted by atomic mass is 10.3. The van der Waals surface area contributed by atoms with E-state index in [0.717, 1.165) is 31.3 Å². The van der Waals surface area contributed by atoms with E-state index in [9.17, 15) is 0 Å². The summed E-state index contributed by atoms with van der Waals surface area (Å²) in [4.78, 5) is 7.01. The van der Waals surface area contributed by atoms with E-state index in [1.54, 1.807) is 0 Å². The summed E-state index contributed by atoms with van der Waals surface area (Å²) in [6, 6.07) is 0.846. The van der Waals surface area contributed by atoms with Crippen LogP contribution in [0.15, 0.2) is 6.20 Å². The summed E-state index contributed by atoms with van der Waals surface area (Å²) < 4.78 is 2.26. The van der Waals surface area contributed by atoms with Gasteiger partial charge < -0.3 is 14.8 Å². The lowest BCUT2D eigenvalue weighted by molar-refractivity contribution is 0.262. The molecule has 1 heterocycles. The normalized spacial score (nSPS) is 13.3. The highest BCUT2D eigenvalue weighted by atomic mass is 15.2. The fourth-order valence-electron chi connectivity index (χ4n) is 2.16. The zero-order valence-electron chi connectivity index (χ0n) is 12.7. The number of rotatable bonds is 7. The quantitative estimate of drug-likeness (QED) is 0.810. The third-order valence-electron chi connectivity index (χ3n) is 3.16. The van der Waals surface area contributed by atoms with Gasteiger partial charge in [0.05, 0.1) is 5.69 Å². The number of hydrogen-bond donors (Lipinski definition) is 1. The summed E-state index contributed by atoms with van der Waals surface area (Å²) in [6.45, 7) is 16.3. The molecule has 4 heteroatoms. The number of nitrogens with zero attached hydrogens (tertiary/aromatic N) is 3. The van der Waals surface area contributed by atoms with Crippen LogP contribution in [0, 0.1) is 6.92 Å². The molecule has 1 aromatic rings. The van der Waals surface area contributed by atoms with Crippen LogP contribution in [0.1, 0.15) is 46.4 Å². The molecule has 0 aromatic carbocycles. The average Bonchev–Trinajstić information content (AvgIpc) is 2.66. The summed E-state index contributed by atoms with van der Waals surface area (Å²) in [5.74, 6) is 0.988. The molecule has 1 rings (SSSR count). The molecule has 0 saturated carbocycles. The van der Waals surface area contributed by atoms with Crippen LogP contribution in [-0.2, 0) is 0 Å². The molecule has 1 aromatic heterocycles. The van der Waals surface area contributed by atoms with Gasteiger partial charge >= 0.3 is 0 Å². The fourth-order valence-corrected chi connectivity index (χ4v) is 2.16. The lowest BCUT2D eigenvalue weighted by Gasteiger charge is -2.25. The summed E-state index contributed by atoms with van der Waals surface area (Å²) >= 11 is 0. The van der Waals surface area contributed by atoms with Crippen molar-refractivity contribution in [3.8, 4) is 0 Å². The number of aryl methyl sites for hydroxylation is 1. The minimum Gasteiger partial charge on any atom is -0.353 e. The molecule has 0 radical (unpaired) electrons. The van der Waals surface area contributed by atoms with Crippen LogP contribution in [0.3, 0.4) is 0 Å². The minimum absolute atomic E-state index is 0.409. The summed E-state index contributed by atoms with van der Waals surface area (Å²) in [6.07, 6.45) is 2.14. The number of imidazole rings is 1. The van der Waals surface area contributed by atoms with E-state index in [2.05, 4.69) is 60.6 Å². The Morgan fingerprint density at radius 2 is 1.89 bits per heavy atom. The summed E-state index contributed by atoms with van der Waals surface area (Å²) in [5, 5.41) is 3.42. The first-order valence-electron chi connectivity index (χ1n) is 7.02. The monoisotopic (exact) mass is 252 g/mol. The number of likely N-dealkylation sites (N-methyl/N-ethyl adjacent to an activating group) is 1. The Hall–Kier alpha value is -1.03. The first-order valence-corrected chi connectivity index (χ1v) is 7.02. The predicted molar refractivity (Wildman–Crippen MR) is 78.2 cm³/mol. The molecule has 18 heavy (non-hydrogen) atoms. The average molecular weight is 252 g/mol. The smallest absolute Gasteiger partial charge is 0.203 e. The second-order valence-corrected chi connectivity index (χ2v) is 5.25. The van der Waals surface area contributed by atoms with Gasteiger partial charge in [-0.05, 0) is 40.8 Å². The van der Waals surface area contributed by atoms with Crippen LogP contribution in [0.2, 0.25) is 0 Å². The Kier molecular flexibility index (Phi) is 5.66. The molecule has 0 aliphatic carbocycles. The van der Waals surface area contributed by atoms with Crippen molar-refractivity contribution < 1.29 is 0 Å². The van der Waals surface area contributed by atoms with Gasteiger partial charge in [-0.1, -0.05) is 13.8 Å². The second kappa shape index (κ2) is 6.78. The maximum absolute atomic E-state index is 4.56. The van der Waals surface area contributed by atoms with Gasteiger partial charge in [-0.2, -0.15) is 0 Å². The largest absolute Gasteiger partial charge is 0.353 e. The molecule has 0 spiro atoms. The van der Waals surface area contributed by atoms with Gasteiger partial charge in [-0.3, -0.25) is 0 Å². The molecule has 104 valence electrons. The standard InChI is InChI=1S/C14H28N4/c1-7-17(8-2)10-13(6)18-9-12(5)16-14(18)15-11(3)4/h9,11,13H,7-8,10H2,1-6H3,(H,15,16). The third-order valence-corrected chi connectivity index (χ3v) is 3.16. The topological polar surface area (TPSA) is 33.1 Å². The van der Waals surface area contributed by atoms with Crippen LogP contribution in [0.5, 0.6) is 0 Å². The lowest BCUT2D eigenvalue weighted by Crippen LogP contribution is -2.30. The van der Waals surface area contributed by atoms with Gasteiger partial charge in [0.15, 0.2) is 0 Å². The molecule has 0 aliphatic rings. The van der Waals surface area contributed by atoms with Gasteiger partial charge in [0.1, 0.15) is 0 Å². The van der Waals surface area contributed by atoms with Crippen LogP contribution in [0.25, 0.3) is 0 Å². The Balaban J connectivity index is 2.80. The van der Waals surface area contributed by atoms with Crippen LogP contribution in [-0.4, -0.2) is 40.1 Å². The molecule has 0 fully saturated rings. The van der Waals surface area contributed by atoms with E-state index in [1.165, 1.54) is 0 Å². The molecule has 0 amide bonds. The zero-order chi connectivity index (χ0) is 13.7. The van der Waals surface area contributed by atoms with Crippen molar-refractivity contribution in [2.75, 3.05) is 25.0 Å². The van der Waals surface area contributed by atoms with E-state index >= 15 is 0 Å². The maximum Gasteiger partial charge on any atom is 0.203 e. The molecule has 1 atom stereocenters. The SMILES string of the molecule is CCN(CC)CC(C)n1cc(C)nc1NC(C)C. The van der Waals surface area contributed by atoms with Gasteiger partial charge in [0, 0.05) is 24.8 Å². The Labute approximate surface area is 111 Å². The Bertz CT molecular complexity index is 353. The zero-order valence-corrected chi connectivity index (χ0v) is 12.7. The van der Waals surface area contributed by atoms with Crippen molar-refractivity contribution in [2.45, 2.75) is 53.6 Å². The van der Waals surface area contributed by atoms with Crippen molar-refractivity contribution >= 4 is 5.95 Å². The van der Waals surface area contributed by atoms with Crippen molar-refractivity contribution in [2.24, 2.45) is 0 Å². The van der Waals surface area contributed by atoms with Crippen LogP contribution in [0.4, 0.5) is 5.95 Å². The van der Waals surface area contributed by atoms with Crippen molar-refractivity contribution in [3.05, 3.63) is 11.9 Å². The number of nitrogens with one attached hydrogen (secondary N) is 1. The predicted octanol–water partition coefficient (Wildman–Crippen LogP) is 2.91. The van der Waals surface area contributed by atoms with E-state index in [-0.39, 0.29) is 0 Å². The van der Waals surface area contributed by atoms with Crippen molar-refractivity contribution in [3.63, 3.8) is 0 Å². The molecular formula is C14H28N4. The third kappa shape index (κ3) is 4.02. The van der Waals surface area contributed by atoms with Gasteiger partial charge in [-0.15, -0.1) is 0 Å². The molecule has 0 aliphatic heterocycles. The number of aromatic nitrogens is 2. The molecule has 1 N–H and O–H groups in total. The molecule has 0 bridgehead atoms. The Morgan fingerprint density at radius 3 is 2.39 bits per heavy atom. The number of anilines is 1. The molecule has 1 unspecified atom stereocenters. The van der Waals surface area contributed by atoms with E-state index in [1.807, 2.05) is 6.92 Å². The molecular weight excluding hydrogens is 224 g/mol. The number of hydrogen-bond acceptors (Lipinski definition) is 3. The van der Waals surface area contributed by atoms with E-state index < -0.39 is 0 Å². The Morgan fingerprint density at radius 1 is 1.28 bits per heavy atom. The van der Waals surface area contributed by atoms with Gasteiger partial charge in [0.25, 0.3) is 0 Å². The summed E-state index contributed by atoms with van der Waals surface area (Å²) in [5.41, 5.74) is 1.07.